The number of hydrogen-bond donors (Lipinski definition) is 0. The third kappa shape index (κ3) is 66.9. The molecule has 6 heteroatoms. The lowest BCUT2D eigenvalue weighted by Gasteiger charge is -2.18. The van der Waals surface area contributed by atoms with Gasteiger partial charge >= 0.3 is 17.9 Å². The molecule has 80 heavy (non-hydrogen) atoms. The largest absolute Gasteiger partial charge is 0.462 e. The zero-order valence-electron chi connectivity index (χ0n) is 54.6. The Bertz CT molecular complexity index is 1250. The molecule has 6 nitrogen and oxygen atoms in total. The monoisotopic (exact) mass is 1130 g/mol. The quantitative estimate of drug-likeness (QED) is 0.0261. The van der Waals surface area contributed by atoms with Gasteiger partial charge in [0, 0.05) is 19.3 Å². The summed E-state index contributed by atoms with van der Waals surface area (Å²) >= 11 is 0. The summed E-state index contributed by atoms with van der Waals surface area (Å²) in [7, 11) is 0. The van der Waals surface area contributed by atoms with Crippen LogP contribution in [0.2, 0.25) is 0 Å². The molecule has 0 aliphatic heterocycles. The van der Waals surface area contributed by atoms with Crippen molar-refractivity contribution in [1.82, 2.24) is 0 Å². The van der Waals surface area contributed by atoms with Crippen LogP contribution in [0.3, 0.4) is 0 Å². The molecule has 0 fully saturated rings. The van der Waals surface area contributed by atoms with Gasteiger partial charge in [-0.2, -0.15) is 0 Å². The van der Waals surface area contributed by atoms with Crippen molar-refractivity contribution in [3.05, 3.63) is 12.2 Å². The van der Waals surface area contributed by atoms with Gasteiger partial charge in [-0.1, -0.05) is 373 Å². The van der Waals surface area contributed by atoms with E-state index >= 15 is 0 Å². The fraction of sp³-hybridized carbons (Fsp3) is 0.932. The molecule has 0 spiro atoms. The molecule has 0 N–H and O–H groups in total. The first-order valence-electron chi connectivity index (χ1n) is 36.7. The number of unbranched alkanes of at least 4 members (excludes halogenated alkanes) is 56. The number of esters is 3. The average Bonchev–Trinajstić information content (AvgIpc) is 3.46. The highest BCUT2D eigenvalue weighted by molar-refractivity contribution is 5.71. The normalized spacial score (nSPS) is 12.0. The standard InChI is InChI=1S/C74H142O6/c1-4-7-10-13-16-19-22-24-26-28-29-30-31-32-33-34-35-36-37-38-39-40-41-42-43-44-45-47-48-50-52-55-58-61-64-67-73(76)79-70-71(69-78-72(75)66-63-60-57-54-21-18-15-12-9-6-3)80-74(77)68-65-62-59-56-53-51-49-46-27-25-23-20-17-14-11-8-5-2/h25,27,71H,4-24,26,28-70H2,1-3H3/b27-25-. The SMILES string of the molecule is CCCCCCCC/C=C\CCCCCCCCCC(=O)OC(COC(=O)CCCCCCCCCCCC)COC(=O)CCCCCCCCCCCCCCCCCCCCCCCCCCCCCCCCCCCCC. The van der Waals surface area contributed by atoms with E-state index in [4.69, 9.17) is 14.2 Å². The second-order valence-electron chi connectivity index (χ2n) is 25.2. The first kappa shape index (κ1) is 78.1. The second-order valence-corrected chi connectivity index (χ2v) is 25.2. The number of ether oxygens (including phenoxy) is 3. The van der Waals surface area contributed by atoms with Gasteiger partial charge in [0.2, 0.25) is 0 Å². The summed E-state index contributed by atoms with van der Waals surface area (Å²) < 4.78 is 16.9. The minimum Gasteiger partial charge on any atom is -0.462 e. The lowest BCUT2D eigenvalue weighted by molar-refractivity contribution is -0.167. The first-order chi connectivity index (χ1) is 39.5. The van der Waals surface area contributed by atoms with Gasteiger partial charge in [-0.15, -0.1) is 0 Å². The highest BCUT2D eigenvalue weighted by Gasteiger charge is 2.20. The molecule has 0 aliphatic rings. The van der Waals surface area contributed by atoms with Crippen LogP contribution in [-0.4, -0.2) is 37.2 Å². The van der Waals surface area contributed by atoms with Crippen LogP contribution in [-0.2, 0) is 28.6 Å². The van der Waals surface area contributed by atoms with Crippen LogP contribution in [0.4, 0.5) is 0 Å². The topological polar surface area (TPSA) is 78.9 Å². The number of allylic oxidation sites excluding steroid dienone is 2. The third-order valence-corrected chi connectivity index (χ3v) is 17.0. The Morgan fingerprint density at radius 3 is 0.625 bits per heavy atom. The Hall–Kier alpha value is -1.85. The van der Waals surface area contributed by atoms with Crippen molar-refractivity contribution in [2.45, 2.75) is 431 Å². The minimum atomic E-state index is -0.768. The van der Waals surface area contributed by atoms with Crippen molar-refractivity contribution in [2.24, 2.45) is 0 Å². The summed E-state index contributed by atoms with van der Waals surface area (Å²) in [5.41, 5.74) is 0. The molecule has 1 atom stereocenters. The summed E-state index contributed by atoms with van der Waals surface area (Å²) in [6.07, 6.45) is 84.3. The van der Waals surface area contributed by atoms with E-state index in [-0.39, 0.29) is 31.1 Å². The maximum absolute atomic E-state index is 12.9. The van der Waals surface area contributed by atoms with E-state index in [1.807, 2.05) is 0 Å². The Morgan fingerprint density at radius 2 is 0.412 bits per heavy atom. The zero-order chi connectivity index (χ0) is 57.8. The molecule has 474 valence electrons. The van der Waals surface area contributed by atoms with Crippen LogP contribution >= 0.6 is 0 Å². The van der Waals surface area contributed by atoms with Gasteiger partial charge in [-0.05, 0) is 44.9 Å². The molecule has 0 aliphatic carbocycles. The van der Waals surface area contributed by atoms with Gasteiger partial charge in [-0.3, -0.25) is 14.4 Å². The zero-order valence-corrected chi connectivity index (χ0v) is 54.6. The summed E-state index contributed by atoms with van der Waals surface area (Å²) in [5, 5.41) is 0. The fourth-order valence-corrected chi connectivity index (χ4v) is 11.5. The molecule has 0 amide bonds. The van der Waals surface area contributed by atoms with Gasteiger partial charge in [0.05, 0.1) is 0 Å². The predicted octanol–water partition coefficient (Wildman–Crippen LogP) is 25.2. The molecule has 0 bridgehead atoms. The van der Waals surface area contributed by atoms with Gasteiger partial charge in [0.1, 0.15) is 13.2 Å². The first-order valence-corrected chi connectivity index (χ1v) is 36.7. The molecule has 0 aromatic rings. The van der Waals surface area contributed by atoms with Crippen LogP contribution in [0.15, 0.2) is 12.2 Å². The third-order valence-electron chi connectivity index (χ3n) is 17.0. The van der Waals surface area contributed by atoms with Crippen molar-refractivity contribution < 1.29 is 28.6 Å². The van der Waals surface area contributed by atoms with E-state index in [0.29, 0.717) is 19.3 Å². The lowest BCUT2D eigenvalue weighted by atomic mass is 10.0. The maximum Gasteiger partial charge on any atom is 0.306 e. The molecule has 0 radical (unpaired) electrons. The minimum absolute atomic E-state index is 0.0654. The Labute approximate surface area is 501 Å². The number of rotatable bonds is 69. The molecule has 0 saturated carbocycles. The van der Waals surface area contributed by atoms with Crippen LogP contribution in [0, 0.1) is 0 Å². The van der Waals surface area contributed by atoms with Crippen LogP contribution in [0.25, 0.3) is 0 Å². The number of hydrogen-bond acceptors (Lipinski definition) is 6. The van der Waals surface area contributed by atoms with Gasteiger partial charge < -0.3 is 14.2 Å². The Morgan fingerprint density at radius 1 is 0.237 bits per heavy atom. The van der Waals surface area contributed by atoms with E-state index in [1.54, 1.807) is 0 Å². The van der Waals surface area contributed by atoms with Crippen molar-refractivity contribution >= 4 is 17.9 Å². The number of carbonyl (C=O) groups is 3. The molecule has 1 unspecified atom stereocenters. The highest BCUT2D eigenvalue weighted by atomic mass is 16.6. The van der Waals surface area contributed by atoms with Gasteiger partial charge in [0.15, 0.2) is 6.10 Å². The number of carbonyl (C=O) groups excluding carboxylic acids is 3. The van der Waals surface area contributed by atoms with E-state index in [2.05, 4.69) is 32.9 Å². The van der Waals surface area contributed by atoms with E-state index in [0.717, 1.165) is 57.8 Å². The maximum atomic E-state index is 12.9. The van der Waals surface area contributed by atoms with Crippen LogP contribution in [0.1, 0.15) is 425 Å². The Balaban J connectivity index is 3.98. The lowest BCUT2D eigenvalue weighted by Crippen LogP contribution is -2.30. The van der Waals surface area contributed by atoms with E-state index < -0.39 is 6.10 Å². The fourth-order valence-electron chi connectivity index (χ4n) is 11.5. The van der Waals surface area contributed by atoms with Crippen LogP contribution in [0.5, 0.6) is 0 Å². The molecular weight excluding hydrogens is 985 g/mol. The molecule has 0 saturated heterocycles. The van der Waals surface area contributed by atoms with Crippen molar-refractivity contribution in [1.29, 1.82) is 0 Å². The van der Waals surface area contributed by atoms with Crippen LogP contribution < -0.4 is 0 Å². The van der Waals surface area contributed by atoms with E-state index in [1.165, 1.54) is 327 Å². The second kappa shape index (κ2) is 69.6. The van der Waals surface area contributed by atoms with E-state index in [9.17, 15) is 14.4 Å². The molecular formula is C74H142O6. The van der Waals surface area contributed by atoms with Gasteiger partial charge in [0.25, 0.3) is 0 Å². The summed E-state index contributed by atoms with van der Waals surface area (Å²) in [4.78, 5) is 38.3. The highest BCUT2D eigenvalue weighted by Crippen LogP contribution is 2.19. The smallest absolute Gasteiger partial charge is 0.306 e. The summed E-state index contributed by atoms with van der Waals surface area (Å²) in [6, 6.07) is 0. The van der Waals surface area contributed by atoms with Crippen molar-refractivity contribution in [3.8, 4) is 0 Å². The Kier molecular flexibility index (Phi) is 68.0. The summed E-state index contributed by atoms with van der Waals surface area (Å²) in [5.74, 6) is -0.841. The van der Waals surface area contributed by atoms with Crippen molar-refractivity contribution in [2.75, 3.05) is 13.2 Å². The van der Waals surface area contributed by atoms with Crippen molar-refractivity contribution in [3.63, 3.8) is 0 Å². The predicted molar refractivity (Wildman–Crippen MR) is 349 cm³/mol. The molecule has 0 aromatic carbocycles. The summed E-state index contributed by atoms with van der Waals surface area (Å²) in [6.45, 7) is 6.70. The molecule has 0 heterocycles. The molecule has 0 rings (SSSR count). The molecule has 0 aromatic heterocycles. The van der Waals surface area contributed by atoms with Gasteiger partial charge in [-0.25, -0.2) is 0 Å². The average molecular weight is 1130 g/mol.